The number of sulfonamides is 1. The van der Waals surface area contributed by atoms with Crippen molar-refractivity contribution >= 4 is 16.0 Å². The van der Waals surface area contributed by atoms with Crippen LogP contribution in [0.15, 0.2) is 29.3 Å². The van der Waals surface area contributed by atoms with Crippen molar-refractivity contribution in [3.8, 4) is 0 Å². The maximum Gasteiger partial charge on any atom is 0.213 e. The van der Waals surface area contributed by atoms with Crippen LogP contribution in [-0.2, 0) is 15.4 Å². The fourth-order valence-electron chi connectivity index (χ4n) is 3.44. The molecule has 3 N–H and O–H groups in total. The first kappa shape index (κ1) is 21.0. The standard InChI is InChI=1S/C20H31FN4O2S/c1-2-22-19(23-12-13-28(26,27)25-14-16-6-5-7-16)24-15-20(10-11-20)17-8-3-4-9-18(17)21/h3-4,8-9,16,25H,2,5-7,10-15H2,1H3,(H2,22,23,24). The molecule has 8 heteroatoms. The fraction of sp³-hybridized carbons (Fsp3) is 0.650. The van der Waals surface area contributed by atoms with Crippen molar-refractivity contribution in [1.29, 1.82) is 0 Å². The normalized spacial score (nSPS) is 19.1. The highest BCUT2D eigenvalue weighted by atomic mass is 32.2. The Kier molecular flexibility index (Phi) is 6.93. The number of halogens is 1. The molecule has 0 bridgehead atoms. The highest BCUT2D eigenvalue weighted by Gasteiger charge is 2.45. The van der Waals surface area contributed by atoms with E-state index in [0.29, 0.717) is 31.5 Å². The zero-order valence-electron chi connectivity index (χ0n) is 16.5. The Balaban J connectivity index is 1.51. The first-order valence-corrected chi connectivity index (χ1v) is 11.8. The van der Waals surface area contributed by atoms with Gasteiger partial charge in [0.1, 0.15) is 5.82 Å². The molecule has 3 rings (SSSR count). The maximum absolute atomic E-state index is 14.1. The molecule has 2 aliphatic rings. The predicted octanol–water partition coefficient (Wildman–Crippen LogP) is 2.13. The van der Waals surface area contributed by atoms with E-state index in [9.17, 15) is 12.8 Å². The molecular weight excluding hydrogens is 379 g/mol. The Bertz CT molecular complexity index is 789. The minimum absolute atomic E-state index is 0.00257. The van der Waals surface area contributed by atoms with Crippen molar-refractivity contribution in [3.05, 3.63) is 35.6 Å². The molecule has 0 atom stereocenters. The highest BCUT2D eigenvalue weighted by molar-refractivity contribution is 7.89. The summed E-state index contributed by atoms with van der Waals surface area (Å²) in [7, 11) is -3.29. The van der Waals surface area contributed by atoms with Crippen LogP contribution in [-0.4, -0.2) is 46.3 Å². The number of guanidine groups is 1. The van der Waals surface area contributed by atoms with Crippen LogP contribution in [0.25, 0.3) is 0 Å². The van der Waals surface area contributed by atoms with Crippen LogP contribution in [0.4, 0.5) is 4.39 Å². The minimum Gasteiger partial charge on any atom is -0.357 e. The summed E-state index contributed by atoms with van der Waals surface area (Å²) in [5, 5.41) is 6.22. The van der Waals surface area contributed by atoms with Crippen LogP contribution in [0.3, 0.4) is 0 Å². The summed E-state index contributed by atoms with van der Waals surface area (Å²) < 4.78 is 41.1. The van der Waals surface area contributed by atoms with Gasteiger partial charge in [-0.2, -0.15) is 0 Å². The number of hydrogen-bond donors (Lipinski definition) is 3. The van der Waals surface area contributed by atoms with E-state index >= 15 is 0 Å². The molecule has 1 aromatic carbocycles. The summed E-state index contributed by atoms with van der Waals surface area (Å²) in [5.74, 6) is 0.883. The summed E-state index contributed by atoms with van der Waals surface area (Å²) in [5.41, 5.74) is 0.488. The summed E-state index contributed by atoms with van der Waals surface area (Å²) >= 11 is 0. The van der Waals surface area contributed by atoms with E-state index < -0.39 is 10.0 Å². The van der Waals surface area contributed by atoms with Crippen molar-refractivity contribution in [2.75, 3.05) is 31.9 Å². The molecule has 0 aliphatic heterocycles. The minimum atomic E-state index is -3.29. The zero-order chi connectivity index (χ0) is 20.0. The molecule has 1 aromatic rings. The maximum atomic E-state index is 14.1. The SMILES string of the molecule is CCNC(=NCC1(c2ccccc2F)CC1)NCCS(=O)(=O)NCC1CCC1. The van der Waals surface area contributed by atoms with Gasteiger partial charge in [0.2, 0.25) is 10.0 Å². The molecule has 6 nitrogen and oxygen atoms in total. The van der Waals surface area contributed by atoms with Crippen LogP contribution in [0, 0.1) is 11.7 Å². The van der Waals surface area contributed by atoms with E-state index in [1.807, 2.05) is 19.1 Å². The summed E-state index contributed by atoms with van der Waals surface area (Å²) in [6.45, 7) is 3.93. The Labute approximate surface area is 167 Å². The van der Waals surface area contributed by atoms with Gasteiger partial charge in [-0.1, -0.05) is 24.6 Å². The number of benzene rings is 1. The predicted molar refractivity (Wildman–Crippen MR) is 110 cm³/mol. The van der Waals surface area contributed by atoms with Gasteiger partial charge in [0.25, 0.3) is 0 Å². The Morgan fingerprint density at radius 3 is 2.61 bits per heavy atom. The third kappa shape index (κ3) is 5.67. The molecule has 0 heterocycles. The molecular formula is C20H31FN4O2S. The number of hydrogen-bond acceptors (Lipinski definition) is 3. The lowest BCUT2D eigenvalue weighted by molar-refractivity contribution is 0.316. The van der Waals surface area contributed by atoms with Crippen molar-refractivity contribution in [2.24, 2.45) is 10.9 Å². The fourth-order valence-corrected chi connectivity index (χ4v) is 4.45. The van der Waals surface area contributed by atoms with E-state index in [0.717, 1.165) is 31.2 Å². The Hall–Kier alpha value is -1.67. The molecule has 156 valence electrons. The first-order valence-electron chi connectivity index (χ1n) is 10.2. The molecule has 28 heavy (non-hydrogen) atoms. The molecule has 2 aliphatic carbocycles. The van der Waals surface area contributed by atoms with E-state index in [1.165, 1.54) is 12.5 Å². The van der Waals surface area contributed by atoms with Crippen LogP contribution in [0.2, 0.25) is 0 Å². The van der Waals surface area contributed by atoms with Gasteiger partial charge in [0, 0.05) is 25.0 Å². The number of rotatable bonds is 10. The van der Waals surface area contributed by atoms with Crippen molar-refractivity contribution in [2.45, 2.75) is 44.4 Å². The zero-order valence-corrected chi connectivity index (χ0v) is 17.3. The van der Waals surface area contributed by atoms with Gasteiger partial charge in [-0.15, -0.1) is 0 Å². The first-order chi connectivity index (χ1) is 13.4. The van der Waals surface area contributed by atoms with Gasteiger partial charge in [0.15, 0.2) is 5.96 Å². The van der Waals surface area contributed by atoms with E-state index in [2.05, 4.69) is 20.3 Å². The van der Waals surface area contributed by atoms with Crippen LogP contribution >= 0.6 is 0 Å². The Morgan fingerprint density at radius 2 is 2.00 bits per heavy atom. The summed E-state index contributed by atoms with van der Waals surface area (Å²) in [6.07, 6.45) is 5.25. The lowest BCUT2D eigenvalue weighted by Crippen LogP contribution is -2.42. The molecule has 2 saturated carbocycles. The number of nitrogens with one attached hydrogen (secondary N) is 3. The van der Waals surface area contributed by atoms with Crippen LogP contribution in [0.5, 0.6) is 0 Å². The van der Waals surface area contributed by atoms with Gasteiger partial charge in [0.05, 0.1) is 12.3 Å². The van der Waals surface area contributed by atoms with Gasteiger partial charge < -0.3 is 10.6 Å². The second-order valence-electron chi connectivity index (χ2n) is 7.85. The third-order valence-electron chi connectivity index (χ3n) is 5.66. The number of nitrogens with zero attached hydrogens (tertiary/aromatic N) is 1. The highest BCUT2D eigenvalue weighted by Crippen LogP contribution is 2.49. The topological polar surface area (TPSA) is 82.6 Å². The quantitative estimate of drug-likeness (QED) is 0.408. The molecule has 0 unspecified atom stereocenters. The molecule has 0 aromatic heterocycles. The van der Waals surface area contributed by atoms with E-state index in [1.54, 1.807) is 6.07 Å². The van der Waals surface area contributed by atoms with Gasteiger partial charge >= 0.3 is 0 Å². The second kappa shape index (κ2) is 9.22. The van der Waals surface area contributed by atoms with Crippen molar-refractivity contribution < 1.29 is 12.8 Å². The van der Waals surface area contributed by atoms with Gasteiger partial charge in [-0.05, 0) is 50.2 Å². The average molecular weight is 411 g/mol. The lowest BCUT2D eigenvalue weighted by Gasteiger charge is -2.25. The summed E-state index contributed by atoms with van der Waals surface area (Å²) in [4.78, 5) is 4.59. The van der Waals surface area contributed by atoms with E-state index in [-0.39, 0.29) is 23.5 Å². The van der Waals surface area contributed by atoms with Crippen LogP contribution in [0.1, 0.15) is 44.6 Å². The van der Waals surface area contributed by atoms with Crippen LogP contribution < -0.4 is 15.4 Å². The number of aliphatic imine (C=N–C) groups is 1. The average Bonchev–Trinajstić information content (AvgIpc) is 3.39. The third-order valence-corrected chi connectivity index (χ3v) is 7.01. The molecule has 0 amide bonds. The van der Waals surface area contributed by atoms with Crippen molar-refractivity contribution in [1.82, 2.24) is 15.4 Å². The Morgan fingerprint density at radius 1 is 1.25 bits per heavy atom. The second-order valence-corrected chi connectivity index (χ2v) is 9.77. The molecule has 0 spiro atoms. The largest absolute Gasteiger partial charge is 0.357 e. The van der Waals surface area contributed by atoms with E-state index in [4.69, 9.17) is 0 Å². The molecule has 0 saturated heterocycles. The molecule has 2 fully saturated rings. The molecule has 0 radical (unpaired) electrons. The van der Waals surface area contributed by atoms with Gasteiger partial charge in [-0.25, -0.2) is 17.5 Å². The lowest BCUT2D eigenvalue weighted by atomic mass is 9.86. The smallest absolute Gasteiger partial charge is 0.213 e. The summed E-state index contributed by atoms with van der Waals surface area (Å²) in [6, 6.07) is 6.87. The van der Waals surface area contributed by atoms with Gasteiger partial charge in [-0.3, -0.25) is 4.99 Å². The van der Waals surface area contributed by atoms with Crippen molar-refractivity contribution in [3.63, 3.8) is 0 Å². The monoisotopic (exact) mass is 410 g/mol.